The molecule has 0 aliphatic heterocycles. The molecule has 1 aliphatic rings. The number of carbonyl (C=O) groups excluding carboxylic acids is 1. The number of nitrogens with one attached hydrogen (secondary N) is 1. The molecule has 1 amide bonds. The van der Waals surface area contributed by atoms with Crippen LogP contribution in [0.4, 0.5) is 0 Å². The SMILES string of the molecule is O=C(NCCC1=CCCCC1)c1cnn(Cc2ccccc2)c1. The molecule has 0 radical (unpaired) electrons. The summed E-state index contributed by atoms with van der Waals surface area (Å²) in [5.41, 5.74) is 3.28. The zero-order valence-corrected chi connectivity index (χ0v) is 13.4. The van der Waals surface area contributed by atoms with E-state index < -0.39 is 0 Å². The number of hydrogen-bond acceptors (Lipinski definition) is 2. The van der Waals surface area contributed by atoms with Gasteiger partial charge in [0.2, 0.25) is 0 Å². The number of allylic oxidation sites excluding steroid dienone is 1. The second-order valence-corrected chi connectivity index (χ2v) is 6.03. The number of benzene rings is 1. The van der Waals surface area contributed by atoms with Crippen LogP contribution >= 0.6 is 0 Å². The smallest absolute Gasteiger partial charge is 0.254 e. The van der Waals surface area contributed by atoms with E-state index in [1.807, 2.05) is 24.4 Å². The molecule has 0 spiro atoms. The Morgan fingerprint density at radius 1 is 1.22 bits per heavy atom. The van der Waals surface area contributed by atoms with Crippen LogP contribution in [0.3, 0.4) is 0 Å². The summed E-state index contributed by atoms with van der Waals surface area (Å²) in [6, 6.07) is 10.1. The highest BCUT2D eigenvalue weighted by Gasteiger charge is 2.09. The van der Waals surface area contributed by atoms with E-state index in [4.69, 9.17) is 0 Å². The van der Waals surface area contributed by atoms with Crippen LogP contribution in [0.5, 0.6) is 0 Å². The average Bonchev–Trinajstić information content (AvgIpc) is 3.05. The van der Waals surface area contributed by atoms with Crippen LogP contribution in [0.25, 0.3) is 0 Å². The molecule has 0 atom stereocenters. The minimum Gasteiger partial charge on any atom is -0.352 e. The largest absolute Gasteiger partial charge is 0.352 e. The van der Waals surface area contributed by atoms with Crippen molar-refractivity contribution >= 4 is 5.91 Å². The standard InChI is InChI=1S/C19H23N3O/c23-19(20-12-11-16-7-3-1-4-8-16)18-13-21-22(15-18)14-17-9-5-2-6-10-17/h2,5-7,9-10,13,15H,1,3-4,8,11-12,14H2,(H,20,23). The summed E-state index contributed by atoms with van der Waals surface area (Å²) in [4.78, 5) is 12.2. The molecule has 0 saturated heterocycles. The molecular formula is C19H23N3O. The number of rotatable bonds is 6. The number of hydrogen-bond donors (Lipinski definition) is 1. The van der Waals surface area contributed by atoms with Gasteiger partial charge in [0.15, 0.2) is 0 Å². The number of nitrogens with zero attached hydrogens (tertiary/aromatic N) is 2. The van der Waals surface area contributed by atoms with Crippen LogP contribution in [0.1, 0.15) is 48.0 Å². The lowest BCUT2D eigenvalue weighted by molar-refractivity contribution is 0.0954. The van der Waals surface area contributed by atoms with Crippen molar-refractivity contribution in [2.75, 3.05) is 6.54 Å². The molecule has 1 aliphatic carbocycles. The van der Waals surface area contributed by atoms with Gasteiger partial charge < -0.3 is 5.32 Å². The molecule has 4 nitrogen and oxygen atoms in total. The summed E-state index contributed by atoms with van der Waals surface area (Å²) in [6.07, 6.45) is 11.7. The van der Waals surface area contributed by atoms with E-state index in [9.17, 15) is 4.79 Å². The van der Waals surface area contributed by atoms with Crippen LogP contribution in [0.15, 0.2) is 54.4 Å². The zero-order valence-electron chi connectivity index (χ0n) is 13.4. The Labute approximate surface area is 137 Å². The van der Waals surface area contributed by atoms with Crippen molar-refractivity contribution in [1.82, 2.24) is 15.1 Å². The van der Waals surface area contributed by atoms with Gasteiger partial charge in [-0.2, -0.15) is 5.10 Å². The molecule has 2 aromatic rings. The lowest BCUT2D eigenvalue weighted by Crippen LogP contribution is -2.24. The highest BCUT2D eigenvalue weighted by molar-refractivity contribution is 5.93. The van der Waals surface area contributed by atoms with E-state index in [2.05, 4.69) is 28.6 Å². The first kappa shape index (κ1) is 15.5. The summed E-state index contributed by atoms with van der Waals surface area (Å²) >= 11 is 0. The van der Waals surface area contributed by atoms with Gasteiger partial charge in [-0.15, -0.1) is 0 Å². The van der Waals surface area contributed by atoms with Crippen molar-refractivity contribution in [3.63, 3.8) is 0 Å². The van der Waals surface area contributed by atoms with Crippen molar-refractivity contribution in [2.24, 2.45) is 0 Å². The first-order valence-corrected chi connectivity index (χ1v) is 8.34. The number of aromatic nitrogens is 2. The monoisotopic (exact) mass is 309 g/mol. The fourth-order valence-corrected chi connectivity index (χ4v) is 2.91. The lowest BCUT2D eigenvalue weighted by Gasteiger charge is -2.12. The summed E-state index contributed by atoms with van der Waals surface area (Å²) in [6.45, 7) is 1.38. The van der Waals surface area contributed by atoms with E-state index >= 15 is 0 Å². The first-order chi connectivity index (χ1) is 11.3. The van der Waals surface area contributed by atoms with Gasteiger partial charge in [0, 0.05) is 12.7 Å². The third-order valence-electron chi connectivity index (χ3n) is 4.20. The molecule has 23 heavy (non-hydrogen) atoms. The van der Waals surface area contributed by atoms with Gasteiger partial charge in [-0.3, -0.25) is 9.48 Å². The Balaban J connectivity index is 1.49. The van der Waals surface area contributed by atoms with Gasteiger partial charge in [-0.25, -0.2) is 0 Å². The normalized spacial score (nSPS) is 14.3. The van der Waals surface area contributed by atoms with Crippen LogP contribution in [0, 0.1) is 0 Å². The molecule has 0 fully saturated rings. The van der Waals surface area contributed by atoms with Gasteiger partial charge in [0.05, 0.1) is 18.3 Å². The Morgan fingerprint density at radius 3 is 2.87 bits per heavy atom. The lowest BCUT2D eigenvalue weighted by atomic mass is 9.97. The third-order valence-corrected chi connectivity index (χ3v) is 4.20. The number of amides is 1. The maximum Gasteiger partial charge on any atom is 0.254 e. The minimum absolute atomic E-state index is 0.0410. The molecule has 0 bridgehead atoms. The molecule has 1 heterocycles. The molecular weight excluding hydrogens is 286 g/mol. The third kappa shape index (κ3) is 4.55. The van der Waals surface area contributed by atoms with E-state index in [1.165, 1.54) is 36.8 Å². The van der Waals surface area contributed by atoms with Crippen molar-refractivity contribution in [2.45, 2.75) is 38.6 Å². The Hall–Kier alpha value is -2.36. The van der Waals surface area contributed by atoms with Crippen LogP contribution in [-0.4, -0.2) is 22.2 Å². The molecule has 120 valence electrons. The molecule has 1 aromatic carbocycles. The summed E-state index contributed by atoms with van der Waals surface area (Å²) in [5.74, 6) is -0.0410. The topological polar surface area (TPSA) is 46.9 Å². The van der Waals surface area contributed by atoms with Gasteiger partial charge >= 0.3 is 0 Å². The first-order valence-electron chi connectivity index (χ1n) is 8.34. The van der Waals surface area contributed by atoms with Gasteiger partial charge in [-0.05, 0) is 37.7 Å². The fourth-order valence-electron chi connectivity index (χ4n) is 2.91. The second kappa shape index (κ2) is 7.77. The maximum absolute atomic E-state index is 12.2. The maximum atomic E-state index is 12.2. The van der Waals surface area contributed by atoms with Crippen molar-refractivity contribution in [3.8, 4) is 0 Å². The van der Waals surface area contributed by atoms with E-state index in [1.54, 1.807) is 10.9 Å². The summed E-state index contributed by atoms with van der Waals surface area (Å²) in [7, 11) is 0. The molecule has 0 unspecified atom stereocenters. The molecule has 4 heteroatoms. The Kier molecular flexibility index (Phi) is 5.25. The van der Waals surface area contributed by atoms with E-state index in [0.29, 0.717) is 18.7 Å². The highest BCUT2D eigenvalue weighted by Crippen LogP contribution is 2.19. The van der Waals surface area contributed by atoms with E-state index in [0.717, 1.165) is 6.42 Å². The van der Waals surface area contributed by atoms with Gasteiger partial charge in [0.1, 0.15) is 0 Å². The summed E-state index contributed by atoms with van der Waals surface area (Å²) < 4.78 is 1.80. The van der Waals surface area contributed by atoms with E-state index in [-0.39, 0.29) is 5.91 Å². The fraction of sp³-hybridized carbons (Fsp3) is 0.368. The molecule has 1 aromatic heterocycles. The Bertz CT molecular complexity index is 673. The zero-order chi connectivity index (χ0) is 15.9. The molecule has 1 N–H and O–H groups in total. The Morgan fingerprint density at radius 2 is 2.09 bits per heavy atom. The molecule has 0 saturated carbocycles. The molecule has 3 rings (SSSR count). The van der Waals surface area contributed by atoms with Crippen molar-refractivity contribution in [3.05, 3.63) is 65.5 Å². The van der Waals surface area contributed by atoms with Gasteiger partial charge in [-0.1, -0.05) is 42.0 Å². The highest BCUT2D eigenvalue weighted by atomic mass is 16.1. The predicted molar refractivity (Wildman–Crippen MR) is 91.3 cm³/mol. The van der Waals surface area contributed by atoms with Crippen LogP contribution in [0.2, 0.25) is 0 Å². The average molecular weight is 309 g/mol. The van der Waals surface area contributed by atoms with Crippen LogP contribution in [-0.2, 0) is 6.54 Å². The predicted octanol–water partition coefficient (Wildman–Crippen LogP) is 3.55. The summed E-state index contributed by atoms with van der Waals surface area (Å²) in [5, 5.41) is 7.27. The second-order valence-electron chi connectivity index (χ2n) is 6.03. The van der Waals surface area contributed by atoms with Gasteiger partial charge in [0.25, 0.3) is 5.91 Å². The van der Waals surface area contributed by atoms with Crippen LogP contribution < -0.4 is 5.32 Å². The van der Waals surface area contributed by atoms with Crippen molar-refractivity contribution in [1.29, 1.82) is 0 Å². The number of carbonyl (C=O) groups is 1. The van der Waals surface area contributed by atoms with Crippen molar-refractivity contribution < 1.29 is 4.79 Å². The quantitative estimate of drug-likeness (QED) is 0.830. The minimum atomic E-state index is -0.0410.